The summed E-state index contributed by atoms with van der Waals surface area (Å²) in [6.07, 6.45) is 0. The van der Waals surface area contributed by atoms with Crippen LogP contribution < -0.4 is 5.46 Å². The van der Waals surface area contributed by atoms with Gasteiger partial charge in [0.25, 0.3) is 0 Å². The second kappa shape index (κ2) is 29.9. The van der Waals surface area contributed by atoms with Gasteiger partial charge in [0.15, 0.2) is 34.9 Å². The summed E-state index contributed by atoms with van der Waals surface area (Å²) in [4.78, 5) is 44.4. The first-order chi connectivity index (χ1) is 52.9. The highest BCUT2D eigenvalue weighted by Gasteiger charge is 2.52. The van der Waals surface area contributed by atoms with Gasteiger partial charge in [-0.15, -0.1) is 22.7 Å². The average molecular weight is 1450 g/mol. The van der Waals surface area contributed by atoms with Crippen molar-refractivity contribution in [1.29, 1.82) is 0 Å². The fraction of sp³-hybridized carbons (Fsp3) is 0.0645. The van der Waals surface area contributed by atoms with Crippen molar-refractivity contribution >= 4 is 87.2 Å². The molecule has 7 heterocycles. The highest BCUT2D eigenvalue weighted by molar-refractivity contribution is 7.26. The lowest BCUT2D eigenvalue weighted by molar-refractivity contribution is 0.00578. The van der Waals surface area contributed by atoms with Gasteiger partial charge in [-0.25, -0.2) is 44.9 Å². The zero-order valence-electron chi connectivity index (χ0n) is 59.4. The van der Waals surface area contributed by atoms with Crippen molar-refractivity contribution in [1.82, 2.24) is 44.9 Å². The van der Waals surface area contributed by atoms with Crippen LogP contribution in [-0.4, -0.2) is 63.2 Å². The van der Waals surface area contributed by atoms with Gasteiger partial charge in [-0.1, -0.05) is 297 Å². The quantitative estimate of drug-likeness (QED) is 0.0854. The average Bonchev–Trinajstić information content (AvgIpc) is 1.53. The molecule has 15 heteroatoms. The van der Waals surface area contributed by atoms with Crippen LogP contribution in [0.4, 0.5) is 0 Å². The Hall–Kier alpha value is -12.4. The Balaban J connectivity index is 0.000000129. The third-order valence-corrected chi connectivity index (χ3v) is 21.9. The normalized spacial score (nSPS) is 12.9. The minimum Gasteiger partial charge on any atom is -0.399 e. The summed E-state index contributed by atoms with van der Waals surface area (Å²) in [6.45, 7) is 8.37. The number of nitrogens with zero attached hydrogens (tertiary/aromatic N) is 9. The molecular weight excluding hydrogens is 1390 g/mol. The van der Waals surface area contributed by atoms with E-state index >= 15 is 0 Å². The summed E-state index contributed by atoms with van der Waals surface area (Å²) < 4.78 is 17.8. The smallest absolute Gasteiger partial charge is 0.399 e. The van der Waals surface area contributed by atoms with Crippen LogP contribution in [0.25, 0.3) is 165 Å². The SMILES string of the molecule is CC1(C)OB(c2cc(-c3cc(-c4ccccc4)nc(-c4ccccc4)n3)c3c(c2)sc2ccccc23)OC1(C)C.Clc1cc(-c2ccccc2)nc(-c2ccccc2)n1.c1ccc(-c2cc(-c3cc(-c4nc(-c5ccccc5)nc(-c5ccccc5)n4)cc4sc5ccccc5c34)nc(-c3ccccc3)n2)cc1. The molecule has 0 spiro atoms. The predicted octanol–water partition coefficient (Wildman–Crippen LogP) is 23.6. The number of thiophene rings is 2. The van der Waals surface area contributed by atoms with Crippen molar-refractivity contribution in [2.45, 2.75) is 38.9 Å². The van der Waals surface area contributed by atoms with Crippen molar-refractivity contribution in [2.75, 3.05) is 0 Å². The van der Waals surface area contributed by atoms with Crippen LogP contribution in [-0.2, 0) is 9.31 Å². The monoisotopic (exact) mass is 1450 g/mol. The topological polar surface area (TPSA) is 134 Å². The second-order valence-electron chi connectivity index (χ2n) is 27.2. The number of hydrogen-bond donors (Lipinski definition) is 0. The Labute approximate surface area is 639 Å². The van der Waals surface area contributed by atoms with Gasteiger partial charge >= 0.3 is 7.12 Å². The van der Waals surface area contributed by atoms with Gasteiger partial charge in [0.1, 0.15) is 5.15 Å². The standard InChI is InChI=1S/C43H27N5S.C34H29BN2O2S.C16H11ClN2/c1-5-15-28(16-6-1)35-27-36(45-40(44-35)29-17-7-2-8-18-29)34-25-32(26-38-39(34)33-23-13-14-24-37(33)49-38)43-47-41(30-19-9-3-10-20-30)46-42(48-43)31-21-11-4-12-22-31;1-33(2)34(3,4)39-35(38-33)24-19-26(31-25-17-11-12-18-29(25)40-30(31)20-24)28-21-27(22-13-7-5-8-14-22)36-32(37-28)23-15-9-6-10-16-23;17-15-11-14(12-7-3-1-4-8-12)18-16(19-15)13-9-5-2-6-10-13/h1-27H;5-21H,1-4H3;1-11H. The van der Waals surface area contributed by atoms with Gasteiger partial charge in [0, 0.05) is 108 Å². The molecule has 1 saturated heterocycles. The van der Waals surface area contributed by atoms with Crippen LogP contribution >= 0.6 is 34.3 Å². The molecule has 0 N–H and O–H groups in total. The maximum absolute atomic E-state index is 6.50. The molecular formula is C93H67BClN9O2S2. The van der Waals surface area contributed by atoms with Crippen LogP contribution in [0.3, 0.4) is 0 Å². The lowest BCUT2D eigenvalue weighted by Gasteiger charge is -2.32. The van der Waals surface area contributed by atoms with Crippen LogP contribution in [0, 0.1) is 0 Å². The van der Waals surface area contributed by atoms with E-state index in [0.717, 1.165) is 105 Å². The van der Waals surface area contributed by atoms with Crippen LogP contribution in [0.2, 0.25) is 5.15 Å². The molecule has 1 fully saturated rings. The molecule has 12 aromatic carbocycles. The Morgan fingerprint density at radius 3 is 0.926 bits per heavy atom. The molecule has 1 aliphatic heterocycles. The van der Waals surface area contributed by atoms with Crippen LogP contribution in [0.1, 0.15) is 27.7 Å². The van der Waals surface area contributed by atoms with E-state index < -0.39 is 18.3 Å². The molecule has 11 nitrogen and oxygen atoms in total. The van der Waals surface area contributed by atoms with Gasteiger partial charge in [-0.05, 0) is 75.6 Å². The maximum atomic E-state index is 6.50. The van der Waals surface area contributed by atoms with Crippen molar-refractivity contribution in [3.63, 3.8) is 0 Å². The molecule has 19 rings (SSSR count). The summed E-state index contributed by atoms with van der Waals surface area (Å²) in [7, 11) is -0.470. The minimum atomic E-state index is -0.470. The van der Waals surface area contributed by atoms with Gasteiger partial charge in [-0.2, -0.15) is 0 Å². The number of hydrogen-bond acceptors (Lipinski definition) is 13. The second-order valence-corrected chi connectivity index (χ2v) is 29.7. The van der Waals surface area contributed by atoms with Gasteiger partial charge in [-0.3, -0.25) is 0 Å². The minimum absolute atomic E-state index is 0.428. The number of fused-ring (bicyclic) bond motifs is 6. The Bertz CT molecular complexity index is 6020. The Kier molecular flexibility index (Phi) is 19.0. The van der Waals surface area contributed by atoms with Gasteiger partial charge < -0.3 is 9.31 Å². The number of halogens is 1. The number of rotatable bonds is 12. The first kappa shape index (κ1) is 68.7. The van der Waals surface area contributed by atoms with E-state index in [4.69, 9.17) is 55.8 Å². The van der Waals surface area contributed by atoms with Crippen molar-refractivity contribution in [2.24, 2.45) is 0 Å². The Morgan fingerprint density at radius 2 is 0.546 bits per heavy atom. The molecule has 0 amide bonds. The molecule has 18 aromatic rings. The summed E-state index contributed by atoms with van der Waals surface area (Å²) in [5.41, 5.74) is 15.3. The van der Waals surface area contributed by atoms with Crippen LogP contribution in [0.15, 0.2) is 334 Å². The molecule has 6 aromatic heterocycles. The van der Waals surface area contributed by atoms with E-state index in [0.29, 0.717) is 40.1 Å². The van der Waals surface area contributed by atoms with Crippen molar-refractivity contribution < 1.29 is 9.31 Å². The molecule has 108 heavy (non-hydrogen) atoms. The fourth-order valence-electron chi connectivity index (χ4n) is 13.3. The summed E-state index contributed by atoms with van der Waals surface area (Å²) >= 11 is 9.66. The lowest BCUT2D eigenvalue weighted by atomic mass is 9.77. The predicted molar refractivity (Wildman–Crippen MR) is 446 cm³/mol. The number of benzene rings is 12. The molecule has 0 aliphatic carbocycles. The molecule has 1 aliphatic rings. The first-order valence-corrected chi connectivity index (χ1v) is 37.7. The van der Waals surface area contributed by atoms with E-state index in [2.05, 4.69) is 171 Å². The van der Waals surface area contributed by atoms with E-state index in [1.807, 2.05) is 194 Å². The molecule has 0 unspecified atom stereocenters. The van der Waals surface area contributed by atoms with E-state index in [1.54, 1.807) is 28.7 Å². The van der Waals surface area contributed by atoms with Gasteiger partial charge in [0.2, 0.25) is 0 Å². The lowest BCUT2D eigenvalue weighted by Crippen LogP contribution is -2.41. The largest absolute Gasteiger partial charge is 0.494 e. The third-order valence-electron chi connectivity index (χ3n) is 19.5. The highest BCUT2D eigenvalue weighted by Crippen LogP contribution is 2.46. The van der Waals surface area contributed by atoms with E-state index in [1.165, 1.54) is 30.3 Å². The summed E-state index contributed by atoms with van der Waals surface area (Å²) in [5.74, 6) is 3.88. The van der Waals surface area contributed by atoms with Crippen molar-refractivity contribution in [3.05, 3.63) is 339 Å². The van der Waals surface area contributed by atoms with E-state index in [-0.39, 0.29) is 0 Å². The summed E-state index contributed by atoms with van der Waals surface area (Å²) in [5, 5.41) is 5.21. The molecule has 518 valence electrons. The first-order valence-electron chi connectivity index (χ1n) is 35.7. The number of aromatic nitrogens is 9. The fourth-order valence-corrected chi connectivity index (χ4v) is 15.9. The van der Waals surface area contributed by atoms with Crippen molar-refractivity contribution in [3.8, 4) is 125 Å². The molecule has 0 atom stereocenters. The highest BCUT2D eigenvalue weighted by atomic mass is 35.5. The molecule has 0 saturated carbocycles. The Morgan fingerprint density at radius 1 is 0.259 bits per heavy atom. The maximum Gasteiger partial charge on any atom is 0.494 e. The third kappa shape index (κ3) is 14.3. The van der Waals surface area contributed by atoms with E-state index in [9.17, 15) is 0 Å². The molecule has 0 radical (unpaired) electrons. The zero-order valence-corrected chi connectivity index (χ0v) is 61.8. The van der Waals surface area contributed by atoms with Gasteiger partial charge in [0.05, 0.1) is 39.7 Å². The zero-order chi connectivity index (χ0) is 73.1. The summed E-state index contributed by atoms with van der Waals surface area (Å²) in [6, 6.07) is 113. The molecule has 0 bridgehead atoms. The van der Waals surface area contributed by atoms with Crippen LogP contribution in [0.5, 0.6) is 0 Å².